The summed E-state index contributed by atoms with van der Waals surface area (Å²) < 4.78 is 5.40. The topological polar surface area (TPSA) is 74.4 Å². The van der Waals surface area contributed by atoms with Gasteiger partial charge in [0.25, 0.3) is 5.56 Å². The van der Waals surface area contributed by atoms with E-state index in [4.69, 9.17) is 16.3 Å². The van der Waals surface area contributed by atoms with Gasteiger partial charge < -0.3 is 19.9 Å². The van der Waals surface area contributed by atoms with Crippen molar-refractivity contribution in [1.82, 2.24) is 10.3 Å². The zero-order valence-electron chi connectivity index (χ0n) is 20.1. The smallest absolute Gasteiger partial charge is 0.272 e. The number of nitrogens with zero attached hydrogens (tertiary/aromatic N) is 1. The fourth-order valence-corrected chi connectivity index (χ4v) is 5.20. The van der Waals surface area contributed by atoms with Gasteiger partial charge >= 0.3 is 0 Å². The van der Waals surface area contributed by atoms with Crippen molar-refractivity contribution in [2.45, 2.75) is 19.4 Å². The first-order valence-electron chi connectivity index (χ1n) is 12.1. The molecule has 7 heteroatoms. The van der Waals surface area contributed by atoms with Crippen LogP contribution in [0.4, 0.5) is 5.69 Å². The van der Waals surface area contributed by atoms with Gasteiger partial charge in [0.15, 0.2) is 0 Å². The molecule has 2 N–H and O–H groups in total. The molecule has 1 aliphatic rings. The average molecular weight is 502 g/mol. The summed E-state index contributed by atoms with van der Waals surface area (Å²) >= 11 is 6.36. The molecule has 0 bridgehead atoms. The number of carbonyl (C=O) groups is 1. The summed E-state index contributed by atoms with van der Waals surface area (Å²) in [5, 5.41) is 4.55. The zero-order valence-corrected chi connectivity index (χ0v) is 20.8. The van der Waals surface area contributed by atoms with Gasteiger partial charge in [-0.25, -0.2) is 0 Å². The molecule has 0 unspecified atom stereocenters. The predicted octanol–water partition coefficient (Wildman–Crippen LogP) is 5.39. The van der Waals surface area contributed by atoms with Gasteiger partial charge in [0, 0.05) is 46.7 Å². The van der Waals surface area contributed by atoms with Gasteiger partial charge in [-0.15, -0.1) is 0 Å². The van der Waals surface area contributed by atoms with Crippen LogP contribution >= 0.6 is 11.6 Å². The van der Waals surface area contributed by atoms with Crippen molar-refractivity contribution in [3.63, 3.8) is 0 Å². The molecule has 1 saturated heterocycles. The second-order valence-electron chi connectivity index (χ2n) is 9.05. The van der Waals surface area contributed by atoms with Crippen molar-refractivity contribution in [3.8, 4) is 16.9 Å². The van der Waals surface area contributed by atoms with E-state index in [0.717, 1.165) is 46.2 Å². The van der Waals surface area contributed by atoms with Crippen molar-refractivity contribution in [1.29, 1.82) is 0 Å². The summed E-state index contributed by atoms with van der Waals surface area (Å²) in [6, 6.07) is 23.0. The number of nitrogens with one attached hydrogen (secondary N) is 2. The SMILES string of the molecule is COc1ccccc1CNC(=O)[C@@H]1CCCN(c2c(-c3ccccc3)c3cc(Cl)ccc3[nH]c2=O)C1. The number of hydrogen-bond donors (Lipinski definition) is 2. The van der Waals surface area contributed by atoms with Crippen LogP contribution in [0, 0.1) is 5.92 Å². The lowest BCUT2D eigenvalue weighted by molar-refractivity contribution is -0.125. The first-order valence-corrected chi connectivity index (χ1v) is 12.5. The zero-order chi connectivity index (χ0) is 25.1. The maximum Gasteiger partial charge on any atom is 0.272 e. The number of anilines is 1. The largest absolute Gasteiger partial charge is 0.496 e. The van der Waals surface area contributed by atoms with E-state index in [1.165, 1.54) is 0 Å². The average Bonchev–Trinajstić information content (AvgIpc) is 2.92. The minimum absolute atomic E-state index is 0.0212. The summed E-state index contributed by atoms with van der Waals surface area (Å²) in [4.78, 5) is 31.7. The minimum Gasteiger partial charge on any atom is -0.496 e. The number of hydrogen-bond acceptors (Lipinski definition) is 4. The molecule has 0 saturated carbocycles. The standard InChI is InChI=1S/C29H28ClN3O3/c1-36-25-12-6-5-10-20(25)17-31-28(34)21-11-7-15-33(18-21)27-26(19-8-3-2-4-9-19)23-16-22(30)13-14-24(23)32-29(27)35/h2-6,8-10,12-14,16,21H,7,11,15,17-18H2,1H3,(H,31,34)(H,32,35)/t21-/m1/s1. The highest BCUT2D eigenvalue weighted by atomic mass is 35.5. The normalized spacial score (nSPS) is 15.6. The fourth-order valence-electron chi connectivity index (χ4n) is 5.02. The maximum atomic E-state index is 13.4. The van der Waals surface area contributed by atoms with E-state index in [1.807, 2.05) is 66.7 Å². The highest BCUT2D eigenvalue weighted by Gasteiger charge is 2.29. The summed E-state index contributed by atoms with van der Waals surface area (Å²) in [7, 11) is 1.62. The van der Waals surface area contributed by atoms with E-state index in [1.54, 1.807) is 13.2 Å². The van der Waals surface area contributed by atoms with Crippen LogP contribution in [0.3, 0.4) is 0 Å². The van der Waals surface area contributed by atoms with Crippen LogP contribution in [0.25, 0.3) is 22.0 Å². The second kappa shape index (κ2) is 10.5. The molecule has 0 aliphatic carbocycles. The number of halogens is 1. The second-order valence-corrected chi connectivity index (χ2v) is 9.48. The molecule has 1 fully saturated rings. The fraction of sp³-hybridized carbons (Fsp3) is 0.241. The minimum atomic E-state index is -0.230. The molecular weight excluding hydrogens is 474 g/mol. The first-order chi connectivity index (χ1) is 17.5. The molecule has 4 aromatic rings. The third kappa shape index (κ3) is 4.82. The molecule has 1 aromatic heterocycles. The van der Waals surface area contributed by atoms with Crippen LogP contribution in [-0.4, -0.2) is 31.1 Å². The van der Waals surface area contributed by atoms with Crippen LogP contribution in [0.2, 0.25) is 5.02 Å². The van der Waals surface area contributed by atoms with Crippen molar-refractivity contribution in [3.05, 3.63) is 93.7 Å². The van der Waals surface area contributed by atoms with Gasteiger partial charge in [-0.2, -0.15) is 0 Å². The Bertz CT molecular complexity index is 1450. The van der Waals surface area contributed by atoms with Gasteiger partial charge in [-0.05, 0) is 42.7 Å². The van der Waals surface area contributed by atoms with Gasteiger partial charge in [0.1, 0.15) is 11.4 Å². The Morgan fingerprint density at radius 1 is 1.11 bits per heavy atom. The highest BCUT2D eigenvalue weighted by molar-refractivity contribution is 6.31. The van der Waals surface area contributed by atoms with Crippen LogP contribution in [-0.2, 0) is 11.3 Å². The molecule has 0 radical (unpaired) electrons. The highest BCUT2D eigenvalue weighted by Crippen LogP contribution is 2.37. The number of piperidine rings is 1. The Balaban J connectivity index is 1.46. The van der Waals surface area contributed by atoms with Crippen LogP contribution in [0.1, 0.15) is 18.4 Å². The first kappa shape index (κ1) is 23.9. The lowest BCUT2D eigenvalue weighted by Gasteiger charge is -2.34. The van der Waals surface area contributed by atoms with E-state index < -0.39 is 0 Å². The Kier molecular flexibility index (Phi) is 6.96. The Morgan fingerprint density at radius 3 is 2.69 bits per heavy atom. The number of amides is 1. The van der Waals surface area contributed by atoms with Crippen molar-refractivity contribution in [2.75, 3.05) is 25.1 Å². The van der Waals surface area contributed by atoms with Crippen LogP contribution in [0.5, 0.6) is 5.75 Å². The number of aromatic nitrogens is 1. The molecule has 1 amide bonds. The summed E-state index contributed by atoms with van der Waals surface area (Å²) in [6.45, 7) is 1.56. The quantitative estimate of drug-likeness (QED) is 0.371. The molecule has 36 heavy (non-hydrogen) atoms. The number of carbonyl (C=O) groups excluding carboxylic acids is 1. The Hall–Kier alpha value is -3.77. The van der Waals surface area contributed by atoms with Crippen LogP contribution < -0.4 is 20.5 Å². The number of pyridine rings is 1. The van der Waals surface area contributed by atoms with E-state index in [2.05, 4.69) is 15.2 Å². The van der Waals surface area contributed by atoms with E-state index >= 15 is 0 Å². The number of aromatic amines is 1. The third-order valence-corrected chi connectivity index (χ3v) is 7.00. The van der Waals surface area contributed by atoms with Gasteiger partial charge in [0.2, 0.25) is 5.91 Å². The molecule has 2 heterocycles. The van der Waals surface area contributed by atoms with Gasteiger partial charge in [-0.1, -0.05) is 60.1 Å². The Morgan fingerprint density at radius 2 is 1.89 bits per heavy atom. The number of rotatable bonds is 6. The number of para-hydroxylation sites is 1. The van der Waals surface area contributed by atoms with E-state index in [0.29, 0.717) is 30.3 Å². The van der Waals surface area contributed by atoms with E-state index in [9.17, 15) is 9.59 Å². The molecule has 5 rings (SSSR count). The van der Waals surface area contributed by atoms with Crippen LogP contribution in [0.15, 0.2) is 77.6 Å². The molecule has 1 atom stereocenters. The lowest BCUT2D eigenvalue weighted by atomic mass is 9.93. The van der Waals surface area contributed by atoms with Crippen molar-refractivity contribution in [2.24, 2.45) is 5.92 Å². The summed E-state index contributed by atoms with van der Waals surface area (Å²) in [5.74, 6) is 0.496. The monoisotopic (exact) mass is 501 g/mol. The molecule has 0 spiro atoms. The van der Waals surface area contributed by atoms with Crippen molar-refractivity contribution >= 4 is 34.1 Å². The summed E-state index contributed by atoms with van der Waals surface area (Å²) in [6.07, 6.45) is 1.58. The summed E-state index contributed by atoms with van der Waals surface area (Å²) in [5.41, 5.74) is 3.85. The number of ether oxygens (including phenoxy) is 1. The number of H-pyrrole nitrogens is 1. The molecule has 184 valence electrons. The van der Waals surface area contributed by atoms with Crippen molar-refractivity contribution < 1.29 is 9.53 Å². The predicted molar refractivity (Wildman–Crippen MR) is 145 cm³/mol. The Labute approximate surface area is 214 Å². The molecular formula is C29H28ClN3O3. The molecule has 1 aliphatic heterocycles. The number of benzene rings is 3. The van der Waals surface area contributed by atoms with Gasteiger partial charge in [-0.3, -0.25) is 9.59 Å². The lowest BCUT2D eigenvalue weighted by Crippen LogP contribution is -2.44. The molecule has 3 aromatic carbocycles. The van der Waals surface area contributed by atoms with E-state index in [-0.39, 0.29) is 17.4 Å². The number of methoxy groups -OCH3 is 1. The number of fused-ring (bicyclic) bond motifs is 1. The molecule has 6 nitrogen and oxygen atoms in total. The third-order valence-electron chi connectivity index (χ3n) is 6.77. The van der Waals surface area contributed by atoms with Gasteiger partial charge in [0.05, 0.1) is 13.0 Å². The maximum absolute atomic E-state index is 13.4.